The van der Waals surface area contributed by atoms with Crippen LogP contribution in [0.25, 0.3) is 0 Å². The summed E-state index contributed by atoms with van der Waals surface area (Å²) in [5, 5.41) is 2.75. The van der Waals surface area contributed by atoms with Crippen LogP contribution >= 0.6 is 0 Å². The predicted octanol–water partition coefficient (Wildman–Crippen LogP) is 1.25. The van der Waals surface area contributed by atoms with Gasteiger partial charge in [0.15, 0.2) is 9.84 Å². The number of ether oxygens (including phenoxy) is 1. The van der Waals surface area contributed by atoms with Gasteiger partial charge in [0.05, 0.1) is 35.9 Å². The number of aromatic nitrogens is 1. The molecule has 1 amide bonds. The number of carbonyl (C=O) groups is 1. The van der Waals surface area contributed by atoms with Crippen molar-refractivity contribution in [2.45, 2.75) is 11.4 Å². The first-order valence-electron chi connectivity index (χ1n) is 8.31. The van der Waals surface area contributed by atoms with Crippen LogP contribution in [-0.4, -0.2) is 51.9 Å². The average molecular weight is 375 g/mol. The van der Waals surface area contributed by atoms with Crippen LogP contribution in [0.3, 0.4) is 0 Å². The lowest BCUT2D eigenvalue weighted by atomic mass is 10.2. The van der Waals surface area contributed by atoms with E-state index in [4.69, 9.17) is 4.74 Å². The summed E-state index contributed by atoms with van der Waals surface area (Å²) in [6, 6.07) is 11.8. The largest absolute Gasteiger partial charge is 0.378 e. The van der Waals surface area contributed by atoms with E-state index in [1.165, 1.54) is 12.1 Å². The molecule has 0 spiro atoms. The second kappa shape index (κ2) is 7.84. The minimum atomic E-state index is -3.48. The van der Waals surface area contributed by atoms with Crippen molar-refractivity contribution in [3.8, 4) is 0 Å². The Morgan fingerprint density at radius 2 is 1.88 bits per heavy atom. The van der Waals surface area contributed by atoms with Crippen LogP contribution in [0.4, 0.5) is 5.82 Å². The Labute approximate surface area is 152 Å². The normalized spacial score (nSPS) is 14.9. The molecule has 2 aromatic rings. The highest BCUT2D eigenvalue weighted by atomic mass is 32.2. The Kier molecular flexibility index (Phi) is 5.53. The van der Waals surface area contributed by atoms with Crippen molar-refractivity contribution in [3.05, 3.63) is 53.7 Å². The van der Waals surface area contributed by atoms with Crippen molar-refractivity contribution in [2.24, 2.45) is 0 Å². The van der Waals surface area contributed by atoms with E-state index >= 15 is 0 Å². The number of morpholine rings is 1. The van der Waals surface area contributed by atoms with Crippen LogP contribution in [-0.2, 0) is 21.1 Å². The first-order valence-corrected chi connectivity index (χ1v) is 10.2. The maximum atomic E-state index is 12.4. The molecule has 1 fully saturated rings. The molecule has 3 rings (SSSR count). The Morgan fingerprint density at radius 3 is 2.62 bits per heavy atom. The van der Waals surface area contributed by atoms with Crippen LogP contribution in [0, 0.1) is 0 Å². The molecule has 1 N–H and O–H groups in total. The van der Waals surface area contributed by atoms with Crippen LogP contribution in [0.1, 0.15) is 16.1 Å². The summed E-state index contributed by atoms with van der Waals surface area (Å²) in [5.41, 5.74) is 0.846. The monoisotopic (exact) mass is 375 g/mol. The molecule has 0 unspecified atom stereocenters. The number of pyridine rings is 1. The molecular weight excluding hydrogens is 354 g/mol. The molecule has 1 aliphatic rings. The third kappa shape index (κ3) is 4.39. The lowest BCUT2D eigenvalue weighted by molar-refractivity contribution is 0.0947. The zero-order chi connectivity index (χ0) is 18.6. The van der Waals surface area contributed by atoms with Gasteiger partial charge in [-0.15, -0.1) is 0 Å². The SMILES string of the molecule is CS(=O)(=O)c1ccccc1C(=O)NCc1cccc(N2CCOCC2)n1. The molecule has 7 nitrogen and oxygen atoms in total. The molecule has 1 aromatic carbocycles. The van der Waals surface area contributed by atoms with E-state index in [0.717, 1.165) is 25.2 Å². The number of nitrogens with one attached hydrogen (secondary N) is 1. The smallest absolute Gasteiger partial charge is 0.252 e. The molecule has 1 aliphatic heterocycles. The number of hydrogen-bond acceptors (Lipinski definition) is 6. The zero-order valence-corrected chi connectivity index (χ0v) is 15.3. The van der Waals surface area contributed by atoms with Crippen molar-refractivity contribution in [3.63, 3.8) is 0 Å². The Bertz CT molecular complexity index is 893. The highest BCUT2D eigenvalue weighted by Gasteiger charge is 2.18. The molecular formula is C18H21N3O4S. The summed E-state index contributed by atoms with van der Waals surface area (Å²) in [7, 11) is -3.48. The van der Waals surface area contributed by atoms with E-state index in [9.17, 15) is 13.2 Å². The topological polar surface area (TPSA) is 88.6 Å². The van der Waals surface area contributed by atoms with Gasteiger partial charge in [0, 0.05) is 19.3 Å². The minimum Gasteiger partial charge on any atom is -0.378 e. The lowest BCUT2D eigenvalue weighted by Crippen LogP contribution is -2.37. The van der Waals surface area contributed by atoms with Crippen LogP contribution < -0.4 is 10.2 Å². The average Bonchev–Trinajstić information content (AvgIpc) is 2.66. The van der Waals surface area contributed by atoms with Crippen LogP contribution in [0.2, 0.25) is 0 Å². The fourth-order valence-electron chi connectivity index (χ4n) is 2.78. The maximum absolute atomic E-state index is 12.4. The predicted molar refractivity (Wildman–Crippen MR) is 98.0 cm³/mol. The Balaban J connectivity index is 1.71. The second-order valence-corrected chi connectivity index (χ2v) is 8.02. The third-order valence-electron chi connectivity index (χ3n) is 4.09. The van der Waals surface area contributed by atoms with Gasteiger partial charge in [0.25, 0.3) is 5.91 Å². The van der Waals surface area contributed by atoms with Gasteiger partial charge in [0.1, 0.15) is 5.82 Å². The van der Waals surface area contributed by atoms with E-state index < -0.39 is 15.7 Å². The summed E-state index contributed by atoms with van der Waals surface area (Å²) in [4.78, 5) is 19.2. The number of rotatable bonds is 5. The van der Waals surface area contributed by atoms with E-state index in [1.807, 2.05) is 18.2 Å². The van der Waals surface area contributed by atoms with Gasteiger partial charge in [-0.2, -0.15) is 0 Å². The third-order valence-corrected chi connectivity index (χ3v) is 5.24. The number of nitrogens with zero attached hydrogens (tertiary/aromatic N) is 2. The number of carbonyl (C=O) groups excluding carboxylic acids is 1. The molecule has 0 radical (unpaired) electrons. The van der Waals surface area contributed by atoms with Crippen molar-refractivity contribution in [2.75, 3.05) is 37.5 Å². The van der Waals surface area contributed by atoms with Gasteiger partial charge >= 0.3 is 0 Å². The lowest BCUT2D eigenvalue weighted by Gasteiger charge is -2.28. The van der Waals surface area contributed by atoms with Gasteiger partial charge in [-0.05, 0) is 24.3 Å². The number of benzene rings is 1. The van der Waals surface area contributed by atoms with Crippen LogP contribution in [0.15, 0.2) is 47.4 Å². The number of sulfone groups is 1. The van der Waals surface area contributed by atoms with E-state index in [2.05, 4.69) is 15.2 Å². The molecule has 8 heteroatoms. The zero-order valence-electron chi connectivity index (χ0n) is 14.5. The van der Waals surface area contributed by atoms with Gasteiger partial charge in [0.2, 0.25) is 0 Å². The standard InChI is InChI=1S/C18H21N3O4S/c1-26(23,24)16-7-3-2-6-15(16)18(22)19-13-14-5-4-8-17(20-14)21-9-11-25-12-10-21/h2-8H,9-13H2,1H3,(H,19,22). The molecule has 0 atom stereocenters. The fourth-order valence-corrected chi connectivity index (χ4v) is 3.66. The number of amides is 1. The molecule has 138 valence electrons. The quantitative estimate of drug-likeness (QED) is 0.846. The number of anilines is 1. The molecule has 26 heavy (non-hydrogen) atoms. The summed E-state index contributed by atoms with van der Waals surface area (Å²) in [5.74, 6) is 0.404. The van der Waals surface area contributed by atoms with Crippen molar-refractivity contribution >= 4 is 21.6 Å². The van der Waals surface area contributed by atoms with Gasteiger partial charge < -0.3 is 15.0 Å². The van der Waals surface area contributed by atoms with Gasteiger partial charge in [-0.25, -0.2) is 13.4 Å². The summed E-state index contributed by atoms with van der Waals surface area (Å²) in [6.45, 7) is 3.13. The van der Waals surface area contributed by atoms with E-state index in [-0.39, 0.29) is 17.0 Å². The highest BCUT2D eigenvalue weighted by molar-refractivity contribution is 7.90. The fraction of sp³-hybridized carbons (Fsp3) is 0.333. The molecule has 0 aliphatic carbocycles. The van der Waals surface area contributed by atoms with Crippen molar-refractivity contribution < 1.29 is 17.9 Å². The summed E-state index contributed by atoms with van der Waals surface area (Å²) < 4.78 is 29.0. The first kappa shape index (κ1) is 18.3. The first-order chi connectivity index (χ1) is 12.4. The van der Waals surface area contributed by atoms with Gasteiger partial charge in [-0.1, -0.05) is 18.2 Å². The summed E-state index contributed by atoms with van der Waals surface area (Å²) >= 11 is 0. The second-order valence-electron chi connectivity index (χ2n) is 6.04. The minimum absolute atomic E-state index is 0.0209. The van der Waals surface area contributed by atoms with Crippen LogP contribution in [0.5, 0.6) is 0 Å². The van der Waals surface area contributed by atoms with Crippen molar-refractivity contribution in [1.82, 2.24) is 10.3 Å². The van der Waals surface area contributed by atoms with E-state index in [1.54, 1.807) is 12.1 Å². The Hall–Kier alpha value is -2.45. The van der Waals surface area contributed by atoms with Crippen molar-refractivity contribution in [1.29, 1.82) is 0 Å². The molecule has 2 heterocycles. The Morgan fingerprint density at radius 1 is 1.15 bits per heavy atom. The molecule has 1 saturated heterocycles. The molecule has 0 bridgehead atoms. The molecule has 0 saturated carbocycles. The number of hydrogen-bond donors (Lipinski definition) is 1. The van der Waals surface area contributed by atoms with E-state index in [0.29, 0.717) is 18.9 Å². The maximum Gasteiger partial charge on any atom is 0.252 e. The highest BCUT2D eigenvalue weighted by Crippen LogP contribution is 2.16. The summed E-state index contributed by atoms with van der Waals surface area (Å²) in [6.07, 6.45) is 1.09. The molecule has 1 aromatic heterocycles. The van der Waals surface area contributed by atoms with Gasteiger partial charge in [-0.3, -0.25) is 4.79 Å².